The van der Waals surface area contributed by atoms with Crippen molar-refractivity contribution >= 4 is 63.2 Å². The van der Waals surface area contributed by atoms with E-state index in [2.05, 4.69) is 94.9 Å². The molecule has 0 aliphatic heterocycles. The van der Waals surface area contributed by atoms with E-state index >= 15 is 0 Å². The molecule has 1 aliphatic rings. The third-order valence-electron chi connectivity index (χ3n) is 14.9. The molecule has 1 saturated carbocycles. The molecule has 0 spiro atoms. The van der Waals surface area contributed by atoms with E-state index in [-0.39, 0.29) is 16.3 Å². The van der Waals surface area contributed by atoms with Crippen molar-refractivity contribution in [2.45, 2.75) is 205 Å². The van der Waals surface area contributed by atoms with Crippen LogP contribution in [0.1, 0.15) is 151 Å². The van der Waals surface area contributed by atoms with Crippen LogP contribution in [0.4, 0.5) is 26.3 Å². The summed E-state index contributed by atoms with van der Waals surface area (Å²) in [5.74, 6) is -0.870. The van der Waals surface area contributed by atoms with Crippen LogP contribution >= 0.6 is 15.5 Å². The summed E-state index contributed by atoms with van der Waals surface area (Å²) in [6, 6.07) is 38.3. The molecule has 1 fully saturated rings. The molecule has 0 atom stereocenters. The van der Waals surface area contributed by atoms with Crippen LogP contribution in [0.25, 0.3) is 0 Å². The highest BCUT2D eigenvalue weighted by Gasteiger charge is 2.54. The number of nitrogens with one attached hydrogen (secondary N) is 1. The first-order valence-corrected chi connectivity index (χ1v) is 35.0. The number of benzene rings is 4. The molecule has 0 radical (unpaired) electrons. The standard InChI is InChI=1S/C56H82F6NO2P2Si2/c1-7-13-40-68(41-14-8-2,42-15-9-3)49-36-32-47(33-37-49)67(46-26-20-19-21-27-46,48-34-38-50(39-35-48)69(43-16-10-4,44-17-11-5)45-18-12-6)63-66(53-30-24-22-28-51(53)64-55(57,58)59)54-31-25-23-29-52(54)65-56(60,61)62/h22-25,28-39,46,63H,7-21,26-27,40-45H2,1-6H3/q+1. The minimum Gasteiger partial charge on any atom is -0.405 e. The number of para-hydroxylation sites is 2. The van der Waals surface area contributed by atoms with Gasteiger partial charge in [0.15, 0.2) is 7.41 Å². The number of alkyl halides is 6. The van der Waals surface area contributed by atoms with E-state index in [1.807, 2.05) is 0 Å². The first kappa shape index (κ1) is 57.2. The van der Waals surface area contributed by atoms with Crippen LogP contribution < -0.4 is 45.9 Å². The predicted octanol–water partition coefficient (Wildman–Crippen LogP) is 16.4. The maximum atomic E-state index is 14.4. The van der Waals surface area contributed by atoms with Crippen LogP contribution in [-0.2, 0) is 0 Å². The van der Waals surface area contributed by atoms with Gasteiger partial charge >= 0.3 is 12.7 Å². The van der Waals surface area contributed by atoms with E-state index in [0.29, 0.717) is 0 Å². The van der Waals surface area contributed by atoms with Gasteiger partial charge in [0.1, 0.15) is 22.1 Å². The molecule has 0 bridgehead atoms. The number of unbranched alkanes of at least 4 members (excludes halogenated alkanes) is 6. The second-order valence-corrected chi connectivity index (χ2v) is 34.7. The van der Waals surface area contributed by atoms with Crippen LogP contribution in [-0.4, -0.2) is 34.5 Å². The van der Waals surface area contributed by atoms with E-state index in [1.165, 1.54) is 109 Å². The number of rotatable bonds is 29. The monoisotopic (exact) mass is 1030 g/mol. The fourth-order valence-corrected chi connectivity index (χ4v) is 30.9. The fraction of sp³-hybridized carbons (Fsp3) is 0.571. The second-order valence-electron chi connectivity index (χ2n) is 19.8. The van der Waals surface area contributed by atoms with Gasteiger partial charge in [-0.1, -0.05) is 220 Å². The van der Waals surface area contributed by atoms with Gasteiger partial charge in [-0.3, -0.25) is 0 Å². The smallest absolute Gasteiger partial charge is 0.405 e. The van der Waals surface area contributed by atoms with Crippen LogP contribution in [0, 0.1) is 0 Å². The molecule has 13 heteroatoms. The lowest BCUT2D eigenvalue weighted by atomic mass is 10.0. The largest absolute Gasteiger partial charge is 0.573 e. The molecule has 5 rings (SSSR count). The SMILES string of the molecule is CCCC[Si](CCCC)(CCCC)c1ccc([P+](NP(c2ccccc2OC(F)(F)F)c2ccccc2OC(F)(F)F)(c2ccc([Si](CCCC)(CCCC)CCCC)cc2)C2CCCCC2)cc1. The van der Waals surface area contributed by atoms with Gasteiger partial charge in [-0.05, 0) is 74.2 Å². The van der Waals surface area contributed by atoms with Crippen molar-refractivity contribution in [2.75, 3.05) is 0 Å². The Morgan fingerprint density at radius 2 is 0.797 bits per heavy atom. The van der Waals surface area contributed by atoms with Crippen molar-refractivity contribution in [3.8, 4) is 11.5 Å². The molecular formula is C56H82F6NO2P2Si2+. The highest BCUT2D eigenvalue weighted by molar-refractivity contribution is 7.96. The average molecular weight is 1030 g/mol. The average Bonchev–Trinajstić information content (AvgIpc) is 3.34. The van der Waals surface area contributed by atoms with Crippen molar-refractivity contribution < 1.29 is 35.8 Å². The van der Waals surface area contributed by atoms with Gasteiger partial charge in [-0.25, -0.2) is 0 Å². The molecule has 382 valence electrons. The summed E-state index contributed by atoms with van der Waals surface area (Å²) >= 11 is 0. The third kappa shape index (κ3) is 15.4. The number of hydrogen-bond donors (Lipinski definition) is 1. The highest BCUT2D eigenvalue weighted by Crippen LogP contribution is 2.66. The van der Waals surface area contributed by atoms with E-state index in [9.17, 15) is 26.3 Å². The Morgan fingerprint density at radius 1 is 0.478 bits per heavy atom. The summed E-state index contributed by atoms with van der Waals surface area (Å²) in [6.07, 6.45) is 8.77. The van der Waals surface area contributed by atoms with Gasteiger partial charge in [0.05, 0.1) is 29.9 Å². The predicted molar refractivity (Wildman–Crippen MR) is 291 cm³/mol. The van der Waals surface area contributed by atoms with Crippen LogP contribution in [0.3, 0.4) is 0 Å². The van der Waals surface area contributed by atoms with Crippen molar-refractivity contribution in [3.05, 3.63) is 97.1 Å². The lowest BCUT2D eigenvalue weighted by molar-refractivity contribution is -0.275. The summed E-state index contributed by atoms with van der Waals surface area (Å²) < 4.78 is 95.9. The lowest BCUT2D eigenvalue weighted by Gasteiger charge is -2.40. The molecule has 1 N–H and O–H groups in total. The quantitative estimate of drug-likeness (QED) is 0.0334. The Labute approximate surface area is 416 Å². The summed E-state index contributed by atoms with van der Waals surface area (Å²) in [5, 5.41) is 5.44. The Morgan fingerprint density at radius 3 is 1.10 bits per heavy atom. The molecule has 0 amide bonds. The fourth-order valence-electron chi connectivity index (χ4n) is 11.1. The minimum atomic E-state index is -5.03. The molecule has 0 unspecified atom stereocenters. The van der Waals surface area contributed by atoms with Gasteiger partial charge < -0.3 is 9.47 Å². The molecule has 0 saturated heterocycles. The van der Waals surface area contributed by atoms with Gasteiger partial charge in [0.25, 0.3) is 0 Å². The highest BCUT2D eigenvalue weighted by atomic mass is 31.2. The normalized spacial score (nSPS) is 14.4. The first-order valence-electron chi connectivity index (χ1n) is 26.5. The number of ether oxygens (including phenoxy) is 2. The molecule has 3 nitrogen and oxygen atoms in total. The minimum absolute atomic E-state index is 0.0731. The second kappa shape index (κ2) is 27.4. The molecule has 4 aromatic rings. The van der Waals surface area contributed by atoms with Gasteiger partial charge in [-0.2, -0.15) is 4.86 Å². The molecule has 1 aliphatic carbocycles. The number of halogens is 6. The maximum Gasteiger partial charge on any atom is 0.573 e. The summed E-state index contributed by atoms with van der Waals surface area (Å²) in [4.78, 5) is 4.18. The van der Waals surface area contributed by atoms with E-state index < -0.39 is 55.9 Å². The van der Waals surface area contributed by atoms with Gasteiger partial charge in [0.2, 0.25) is 0 Å². The van der Waals surface area contributed by atoms with Gasteiger partial charge in [0, 0.05) is 10.6 Å². The summed E-state index contributed by atoms with van der Waals surface area (Å²) in [7, 11) is -9.02. The molecule has 0 heterocycles. The van der Waals surface area contributed by atoms with E-state index in [1.54, 1.807) is 24.3 Å². The first-order chi connectivity index (χ1) is 33.1. The Balaban J connectivity index is 1.88. The molecule has 69 heavy (non-hydrogen) atoms. The van der Waals surface area contributed by atoms with Crippen LogP contribution in [0.15, 0.2) is 97.1 Å². The van der Waals surface area contributed by atoms with E-state index in [4.69, 9.17) is 9.47 Å². The zero-order valence-corrected chi connectivity index (χ0v) is 46.3. The van der Waals surface area contributed by atoms with Crippen LogP contribution in [0.2, 0.25) is 36.3 Å². The van der Waals surface area contributed by atoms with Crippen molar-refractivity contribution in [2.24, 2.45) is 0 Å². The molecule has 4 aromatic carbocycles. The van der Waals surface area contributed by atoms with Gasteiger partial charge in [-0.15, -0.1) is 26.3 Å². The van der Waals surface area contributed by atoms with Crippen molar-refractivity contribution in [1.29, 1.82) is 0 Å². The van der Waals surface area contributed by atoms with E-state index in [0.717, 1.165) is 81.2 Å². The van der Waals surface area contributed by atoms with Crippen molar-refractivity contribution in [3.63, 3.8) is 0 Å². The lowest BCUT2D eigenvalue weighted by Crippen LogP contribution is -2.49. The molecular weight excluding hydrogens is 951 g/mol. The molecule has 0 aromatic heterocycles. The van der Waals surface area contributed by atoms with Crippen LogP contribution in [0.5, 0.6) is 11.5 Å². The van der Waals surface area contributed by atoms with Crippen molar-refractivity contribution in [1.82, 2.24) is 4.86 Å². The summed E-state index contributed by atoms with van der Waals surface area (Å²) in [5.41, 5.74) is 0.0731. The summed E-state index contributed by atoms with van der Waals surface area (Å²) in [6.45, 7) is 13.7. The maximum absolute atomic E-state index is 14.4. The zero-order valence-electron chi connectivity index (χ0n) is 42.6. The Kier molecular flexibility index (Phi) is 22.7. The Bertz CT molecular complexity index is 1920. The topological polar surface area (TPSA) is 30.5 Å². The Hall–Kier alpha value is -2.69. The zero-order chi connectivity index (χ0) is 50.0. The number of hydrogen-bond acceptors (Lipinski definition) is 3. The third-order valence-corrected chi connectivity index (χ3v) is 33.5.